The molecule has 0 fully saturated rings. The minimum absolute atomic E-state index is 0.0344. The fraction of sp³-hybridized carbons (Fsp3) is 0.182. The minimum Gasteiger partial charge on any atom is -0.497 e. The van der Waals surface area contributed by atoms with E-state index in [2.05, 4.69) is 15.5 Å². The molecule has 1 amide bonds. The standard InChI is InChI=1S/C22H19FN4O5/c1-30-16-7-8-17(31-2)14(9-16)10-24-18(28)11-27-12-25-21-19(22(27)29)20(26-32-21)13-3-5-15(23)6-4-13/h3-9,12H,10-11H2,1-2H3,(H,24,28). The molecule has 0 saturated heterocycles. The molecule has 4 rings (SSSR count). The van der Waals surface area contributed by atoms with Crippen molar-refractivity contribution >= 4 is 17.0 Å². The summed E-state index contributed by atoms with van der Waals surface area (Å²) in [7, 11) is 3.08. The molecular weight excluding hydrogens is 419 g/mol. The average Bonchev–Trinajstić information content (AvgIpc) is 3.24. The third kappa shape index (κ3) is 4.15. The molecule has 164 valence electrons. The first kappa shape index (κ1) is 21.0. The molecule has 0 unspecified atom stereocenters. The Morgan fingerprint density at radius 2 is 1.94 bits per heavy atom. The number of ether oxygens (including phenoxy) is 2. The SMILES string of the molecule is COc1ccc(OC)c(CNC(=O)Cn2cnc3onc(-c4ccc(F)cc4)c3c2=O)c1. The van der Waals surface area contributed by atoms with E-state index in [1.807, 2.05) is 0 Å². The van der Waals surface area contributed by atoms with Crippen LogP contribution in [0.5, 0.6) is 11.5 Å². The van der Waals surface area contributed by atoms with Crippen LogP contribution >= 0.6 is 0 Å². The maximum atomic E-state index is 13.2. The van der Waals surface area contributed by atoms with E-state index in [4.69, 9.17) is 14.0 Å². The molecule has 0 spiro atoms. The lowest BCUT2D eigenvalue weighted by atomic mass is 10.1. The molecule has 2 heterocycles. The molecule has 0 saturated carbocycles. The third-order valence-corrected chi connectivity index (χ3v) is 4.86. The predicted molar refractivity (Wildman–Crippen MR) is 113 cm³/mol. The van der Waals surface area contributed by atoms with Crippen molar-refractivity contribution < 1.29 is 23.2 Å². The number of fused-ring (bicyclic) bond motifs is 1. The lowest BCUT2D eigenvalue weighted by Crippen LogP contribution is -2.32. The molecule has 2 aromatic heterocycles. The van der Waals surface area contributed by atoms with Crippen LogP contribution in [0.25, 0.3) is 22.4 Å². The number of methoxy groups -OCH3 is 2. The van der Waals surface area contributed by atoms with Gasteiger partial charge in [-0.2, -0.15) is 0 Å². The number of carbonyl (C=O) groups is 1. The molecule has 2 aromatic carbocycles. The summed E-state index contributed by atoms with van der Waals surface area (Å²) in [6, 6.07) is 10.7. The molecule has 32 heavy (non-hydrogen) atoms. The van der Waals surface area contributed by atoms with Gasteiger partial charge >= 0.3 is 0 Å². The van der Waals surface area contributed by atoms with Gasteiger partial charge in [0, 0.05) is 17.7 Å². The number of aromatic nitrogens is 3. The van der Waals surface area contributed by atoms with Crippen molar-refractivity contribution in [2.24, 2.45) is 0 Å². The number of rotatable bonds is 7. The van der Waals surface area contributed by atoms with E-state index in [9.17, 15) is 14.0 Å². The van der Waals surface area contributed by atoms with Gasteiger partial charge < -0.3 is 19.3 Å². The average molecular weight is 438 g/mol. The quantitative estimate of drug-likeness (QED) is 0.472. The first-order chi connectivity index (χ1) is 15.5. The third-order valence-electron chi connectivity index (χ3n) is 4.86. The number of hydrogen-bond acceptors (Lipinski definition) is 7. The summed E-state index contributed by atoms with van der Waals surface area (Å²) in [4.78, 5) is 29.6. The zero-order chi connectivity index (χ0) is 22.7. The molecular formula is C22H19FN4O5. The van der Waals surface area contributed by atoms with Crippen LogP contribution in [0.15, 0.2) is 58.1 Å². The van der Waals surface area contributed by atoms with Crippen LogP contribution < -0.4 is 20.3 Å². The van der Waals surface area contributed by atoms with Gasteiger partial charge in [0.25, 0.3) is 11.3 Å². The smallest absolute Gasteiger partial charge is 0.267 e. The number of hydrogen-bond donors (Lipinski definition) is 1. The van der Waals surface area contributed by atoms with E-state index < -0.39 is 17.3 Å². The van der Waals surface area contributed by atoms with E-state index in [1.54, 1.807) is 25.3 Å². The van der Waals surface area contributed by atoms with Crippen molar-refractivity contribution in [2.45, 2.75) is 13.1 Å². The second-order valence-electron chi connectivity index (χ2n) is 6.85. The Morgan fingerprint density at radius 1 is 1.16 bits per heavy atom. The summed E-state index contributed by atoms with van der Waals surface area (Å²) in [5, 5.41) is 6.75. The van der Waals surface area contributed by atoms with E-state index in [-0.39, 0.29) is 29.9 Å². The Balaban J connectivity index is 1.55. The summed E-state index contributed by atoms with van der Waals surface area (Å²) in [5.74, 6) is 0.404. The van der Waals surface area contributed by atoms with E-state index in [1.165, 1.54) is 37.7 Å². The van der Waals surface area contributed by atoms with Crippen molar-refractivity contribution in [1.82, 2.24) is 20.0 Å². The van der Waals surface area contributed by atoms with Gasteiger partial charge in [-0.15, -0.1) is 0 Å². The van der Waals surface area contributed by atoms with Gasteiger partial charge in [0.1, 0.15) is 41.3 Å². The monoisotopic (exact) mass is 438 g/mol. The maximum absolute atomic E-state index is 13.2. The fourth-order valence-electron chi connectivity index (χ4n) is 3.22. The van der Waals surface area contributed by atoms with Crippen LogP contribution in [0.3, 0.4) is 0 Å². The Morgan fingerprint density at radius 3 is 2.66 bits per heavy atom. The predicted octanol–water partition coefficient (Wildman–Crippen LogP) is 2.52. The van der Waals surface area contributed by atoms with Crippen molar-refractivity contribution in [3.63, 3.8) is 0 Å². The zero-order valence-corrected chi connectivity index (χ0v) is 17.3. The van der Waals surface area contributed by atoms with Gasteiger partial charge in [0.15, 0.2) is 0 Å². The molecule has 9 nitrogen and oxygen atoms in total. The van der Waals surface area contributed by atoms with Crippen molar-refractivity contribution in [2.75, 3.05) is 14.2 Å². The minimum atomic E-state index is -0.496. The molecule has 0 aliphatic rings. The summed E-state index contributed by atoms with van der Waals surface area (Å²) in [5.41, 5.74) is 0.986. The Kier molecular flexibility index (Phi) is 5.84. The first-order valence-electron chi connectivity index (χ1n) is 9.58. The summed E-state index contributed by atoms with van der Waals surface area (Å²) >= 11 is 0. The van der Waals surface area contributed by atoms with Gasteiger partial charge in [-0.1, -0.05) is 5.16 Å². The molecule has 1 N–H and O–H groups in total. The van der Waals surface area contributed by atoms with Crippen LogP contribution in [0.4, 0.5) is 4.39 Å². The lowest BCUT2D eigenvalue weighted by Gasteiger charge is -2.12. The lowest BCUT2D eigenvalue weighted by molar-refractivity contribution is -0.121. The number of benzene rings is 2. The molecule has 10 heteroatoms. The van der Waals surface area contributed by atoms with Gasteiger partial charge in [-0.3, -0.25) is 14.2 Å². The van der Waals surface area contributed by atoms with Gasteiger partial charge in [0.05, 0.1) is 14.2 Å². The number of nitrogens with one attached hydrogen (secondary N) is 1. The van der Waals surface area contributed by atoms with Crippen LogP contribution in [0.2, 0.25) is 0 Å². The first-order valence-corrected chi connectivity index (χ1v) is 9.58. The largest absolute Gasteiger partial charge is 0.497 e. The van der Waals surface area contributed by atoms with Gasteiger partial charge in [0.2, 0.25) is 5.91 Å². The van der Waals surface area contributed by atoms with Crippen molar-refractivity contribution in [1.29, 1.82) is 0 Å². The van der Waals surface area contributed by atoms with Gasteiger partial charge in [-0.05, 0) is 42.5 Å². The summed E-state index contributed by atoms with van der Waals surface area (Å²) in [6.45, 7) is -0.0835. The van der Waals surface area contributed by atoms with Crippen LogP contribution in [0.1, 0.15) is 5.56 Å². The maximum Gasteiger partial charge on any atom is 0.267 e. The Bertz CT molecular complexity index is 1330. The van der Waals surface area contributed by atoms with Gasteiger partial charge in [-0.25, -0.2) is 9.37 Å². The van der Waals surface area contributed by atoms with Crippen molar-refractivity contribution in [3.05, 3.63) is 70.5 Å². The highest BCUT2D eigenvalue weighted by molar-refractivity contribution is 5.88. The van der Waals surface area contributed by atoms with E-state index >= 15 is 0 Å². The summed E-state index contributed by atoms with van der Waals surface area (Å²) < 4.78 is 30.0. The summed E-state index contributed by atoms with van der Waals surface area (Å²) in [6.07, 6.45) is 1.22. The van der Waals surface area contributed by atoms with Crippen molar-refractivity contribution in [3.8, 4) is 22.8 Å². The molecule has 0 aliphatic heterocycles. The van der Waals surface area contributed by atoms with Crippen LogP contribution in [-0.2, 0) is 17.9 Å². The Hall–Kier alpha value is -4.21. The highest BCUT2D eigenvalue weighted by atomic mass is 19.1. The number of carbonyl (C=O) groups excluding carboxylic acids is 1. The number of amides is 1. The zero-order valence-electron chi connectivity index (χ0n) is 17.3. The number of nitrogens with zero attached hydrogens (tertiary/aromatic N) is 3. The number of halogens is 1. The topological polar surface area (TPSA) is 108 Å². The fourth-order valence-corrected chi connectivity index (χ4v) is 3.22. The van der Waals surface area contributed by atoms with E-state index in [0.29, 0.717) is 17.1 Å². The molecule has 0 radical (unpaired) electrons. The van der Waals surface area contributed by atoms with Crippen LogP contribution in [-0.4, -0.2) is 34.8 Å². The molecule has 0 aliphatic carbocycles. The highest BCUT2D eigenvalue weighted by Gasteiger charge is 2.18. The second-order valence-corrected chi connectivity index (χ2v) is 6.85. The molecule has 0 atom stereocenters. The highest BCUT2D eigenvalue weighted by Crippen LogP contribution is 2.25. The molecule has 4 aromatic rings. The normalized spacial score (nSPS) is 10.8. The van der Waals surface area contributed by atoms with E-state index in [0.717, 1.165) is 10.1 Å². The van der Waals surface area contributed by atoms with Crippen LogP contribution in [0, 0.1) is 5.82 Å². The second kappa shape index (κ2) is 8.88. The Labute approximate surface area is 181 Å². The molecule has 0 bridgehead atoms.